The third-order valence-electron chi connectivity index (χ3n) is 3.77. The molecule has 5 nitrogen and oxygen atoms in total. The Morgan fingerprint density at radius 2 is 1.91 bits per heavy atom. The summed E-state index contributed by atoms with van der Waals surface area (Å²) < 4.78 is 33.0. The topological polar surface area (TPSA) is 68.3 Å². The molecule has 0 saturated carbocycles. The summed E-state index contributed by atoms with van der Waals surface area (Å²) in [5.74, 6) is 0.569. The fraction of sp³-hybridized carbons (Fsp3) is 0.471. The van der Waals surface area contributed by atoms with Crippen LogP contribution in [0.3, 0.4) is 0 Å². The third kappa shape index (κ3) is 4.42. The Morgan fingerprint density at radius 1 is 1.13 bits per heavy atom. The van der Waals surface area contributed by atoms with Gasteiger partial charge in [0.1, 0.15) is 11.3 Å². The molecule has 0 spiro atoms. The predicted molar refractivity (Wildman–Crippen MR) is 92.2 cm³/mol. The predicted octanol–water partition coefficient (Wildman–Crippen LogP) is 3.49. The van der Waals surface area contributed by atoms with E-state index in [1.807, 2.05) is 0 Å². The molecule has 2 aromatic rings. The highest BCUT2D eigenvalue weighted by Gasteiger charge is 2.18. The van der Waals surface area contributed by atoms with Gasteiger partial charge in [-0.25, -0.2) is 13.1 Å². The number of benzene rings is 1. The van der Waals surface area contributed by atoms with Crippen LogP contribution in [0.2, 0.25) is 0 Å². The fourth-order valence-electron chi connectivity index (χ4n) is 2.53. The molecule has 0 radical (unpaired) electrons. The van der Waals surface area contributed by atoms with Crippen molar-refractivity contribution in [2.75, 3.05) is 13.7 Å². The molecule has 0 bridgehead atoms. The molecular weight excluding hydrogens is 312 g/mol. The van der Waals surface area contributed by atoms with E-state index < -0.39 is 10.0 Å². The number of nitrogens with one attached hydrogen (secondary N) is 1. The lowest BCUT2D eigenvalue weighted by atomic mass is 10.2. The molecule has 0 saturated heterocycles. The van der Waals surface area contributed by atoms with Crippen LogP contribution in [0, 0.1) is 0 Å². The van der Waals surface area contributed by atoms with Gasteiger partial charge in [0, 0.05) is 18.1 Å². The molecule has 0 aliphatic rings. The van der Waals surface area contributed by atoms with Crippen LogP contribution in [0.5, 0.6) is 5.75 Å². The van der Waals surface area contributed by atoms with Gasteiger partial charge in [-0.15, -0.1) is 0 Å². The monoisotopic (exact) mass is 336 g/mol. The molecule has 0 aliphatic carbocycles. The molecule has 2 rings (SSSR count). The Balaban J connectivity index is 2.15. The van der Waals surface area contributed by atoms with Crippen molar-refractivity contribution in [3.63, 3.8) is 0 Å². The van der Waals surface area contributed by atoms with E-state index in [0.717, 1.165) is 19.3 Å². The molecule has 0 aliphatic heterocycles. The van der Waals surface area contributed by atoms with E-state index in [1.165, 1.54) is 12.8 Å². The van der Waals surface area contributed by atoms with Crippen LogP contribution >= 0.6 is 0 Å². The minimum atomic E-state index is -3.55. The molecule has 0 unspecified atom stereocenters. The lowest BCUT2D eigenvalue weighted by Gasteiger charge is -2.11. The van der Waals surface area contributed by atoms with E-state index in [1.54, 1.807) is 37.6 Å². The highest BCUT2D eigenvalue weighted by Crippen LogP contribution is 2.29. The van der Waals surface area contributed by atoms with Crippen molar-refractivity contribution >= 4 is 20.9 Å². The van der Waals surface area contributed by atoms with Crippen molar-refractivity contribution in [1.29, 1.82) is 0 Å². The van der Waals surface area contributed by atoms with E-state index in [4.69, 9.17) is 4.74 Å². The van der Waals surface area contributed by atoms with E-state index in [9.17, 15) is 8.42 Å². The van der Waals surface area contributed by atoms with Crippen LogP contribution in [0.4, 0.5) is 0 Å². The summed E-state index contributed by atoms with van der Waals surface area (Å²) >= 11 is 0. The van der Waals surface area contributed by atoms with E-state index >= 15 is 0 Å². The van der Waals surface area contributed by atoms with Gasteiger partial charge >= 0.3 is 0 Å². The molecule has 1 heterocycles. The summed E-state index contributed by atoms with van der Waals surface area (Å²) in [6.45, 7) is 2.62. The first-order valence-corrected chi connectivity index (χ1v) is 9.50. The zero-order chi connectivity index (χ0) is 16.7. The Bertz CT molecular complexity index is 745. The van der Waals surface area contributed by atoms with Crippen LogP contribution in [-0.2, 0) is 10.0 Å². The third-order valence-corrected chi connectivity index (χ3v) is 5.29. The summed E-state index contributed by atoms with van der Waals surface area (Å²) in [6.07, 6.45) is 7.04. The lowest BCUT2D eigenvalue weighted by molar-refractivity contribution is 0.418. The number of hydrogen-bond donors (Lipinski definition) is 1. The molecule has 0 atom stereocenters. The normalized spacial score (nSPS) is 11.7. The SMILES string of the molecule is CCCCCCCNS(=O)(=O)c1ccc(OC)c2ncccc12. The van der Waals surface area contributed by atoms with Crippen molar-refractivity contribution in [3.8, 4) is 5.75 Å². The van der Waals surface area contributed by atoms with Gasteiger partial charge in [0.15, 0.2) is 0 Å². The highest BCUT2D eigenvalue weighted by molar-refractivity contribution is 7.89. The summed E-state index contributed by atoms with van der Waals surface area (Å²) in [5, 5.41) is 0.574. The Kier molecular flexibility index (Phi) is 6.36. The quantitative estimate of drug-likeness (QED) is 0.712. The Labute approximate surface area is 138 Å². The molecule has 1 N–H and O–H groups in total. The van der Waals surface area contributed by atoms with Gasteiger partial charge in [-0.05, 0) is 30.7 Å². The summed E-state index contributed by atoms with van der Waals surface area (Å²) in [7, 11) is -2.00. The first kappa shape index (κ1) is 17.7. The molecule has 23 heavy (non-hydrogen) atoms. The number of methoxy groups -OCH3 is 1. The van der Waals surface area contributed by atoms with Crippen molar-refractivity contribution in [2.24, 2.45) is 0 Å². The standard InChI is InChI=1S/C17H24N2O3S/c1-3-4-5-6-7-13-19-23(20,21)16-11-10-15(22-2)17-14(16)9-8-12-18-17/h8-12,19H,3-7,13H2,1-2H3. The molecule has 0 amide bonds. The van der Waals surface area contributed by atoms with Gasteiger partial charge in [-0.1, -0.05) is 32.6 Å². The van der Waals surface area contributed by atoms with Gasteiger partial charge in [0.05, 0.1) is 12.0 Å². The number of pyridine rings is 1. The van der Waals surface area contributed by atoms with Gasteiger partial charge in [-0.2, -0.15) is 0 Å². The minimum absolute atomic E-state index is 0.245. The van der Waals surface area contributed by atoms with Crippen molar-refractivity contribution in [2.45, 2.75) is 43.9 Å². The highest BCUT2D eigenvalue weighted by atomic mass is 32.2. The Morgan fingerprint density at radius 3 is 2.65 bits per heavy atom. The summed E-state index contributed by atoms with van der Waals surface area (Å²) in [5.41, 5.74) is 0.556. The minimum Gasteiger partial charge on any atom is -0.494 e. The van der Waals surface area contributed by atoms with Gasteiger partial charge < -0.3 is 4.74 Å². The number of aromatic nitrogens is 1. The first-order chi connectivity index (χ1) is 11.1. The maximum atomic E-state index is 12.6. The maximum absolute atomic E-state index is 12.6. The van der Waals surface area contributed by atoms with Gasteiger partial charge in [0.25, 0.3) is 0 Å². The molecule has 0 fully saturated rings. The molecule has 1 aromatic heterocycles. The van der Waals surface area contributed by atoms with Crippen molar-refractivity contribution in [3.05, 3.63) is 30.5 Å². The zero-order valence-electron chi connectivity index (χ0n) is 13.7. The van der Waals surface area contributed by atoms with E-state index in [-0.39, 0.29) is 4.90 Å². The average Bonchev–Trinajstić information content (AvgIpc) is 2.56. The summed E-state index contributed by atoms with van der Waals surface area (Å²) in [4.78, 5) is 4.48. The average molecular weight is 336 g/mol. The number of nitrogens with zero attached hydrogens (tertiary/aromatic N) is 1. The second-order valence-corrected chi connectivity index (χ2v) is 7.21. The van der Waals surface area contributed by atoms with Crippen molar-refractivity contribution < 1.29 is 13.2 Å². The molecular formula is C17H24N2O3S. The summed E-state index contributed by atoms with van der Waals surface area (Å²) in [6, 6.07) is 6.69. The smallest absolute Gasteiger partial charge is 0.241 e. The van der Waals surface area contributed by atoms with Gasteiger partial charge in [0.2, 0.25) is 10.0 Å². The maximum Gasteiger partial charge on any atom is 0.241 e. The van der Waals surface area contributed by atoms with Gasteiger partial charge in [-0.3, -0.25) is 4.98 Å². The molecule has 1 aromatic carbocycles. The molecule has 6 heteroatoms. The van der Waals surface area contributed by atoms with E-state index in [2.05, 4.69) is 16.6 Å². The number of ether oxygens (including phenoxy) is 1. The van der Waals surface area contributed by atoms with Crippen molar-refractivity contribution in [1.82, 2.24) is 9.71 Å². The number of sulfonamides is 1. The van der Waals surface area contributed by atoms with Crippen LogP contribution < -0.4 is 9.46 Å². The zero-order valence-corrected chi connectivity index (χ0v) is 14.5. The first-order valence-electron chi connectivity index (χ1n) is 8.01. The number of fused-ring (bicyclic) bond motifs is 1. The second-order valence-electron chi connectivity index (χ2n) is 5.48. The largest absolute Gasteiger partial charge is 0.494 e. The number of unbranched alkanes of at least 4 members (excludes halogenated alkanes) is 4. The number of hydrogen-bond acceptors (Lipinski definition) is 4. The second kappa shape index (κ2) is 8.26. The van der Waals surface area contributed by atoms with E-state index in [0.29, 0.717) is 23.2 Å². The Hall–Kier alpha value is -1.66. The van der Waals surface area contributed by atoms with Crippen LogP contribution in [0.25, 0.3) is 10.9 Å². The lowest BCUT2D eigenvalue weighted by Crippen LogP contribution is -2.25. The fourth-order valence-corrected chi connectivity index (χ4v) is 3.80. The van der Waals surface area contributed by atoms with Crippen LogP contribution in [0.1, 0.15) is 39.0 Å². The van der Waals surface area contributed by atoms with Crippen LogP contribution in [-0.4, -0.2) is 27.1 Å². The van der Waals surface area contributed by atoms with Crippen LogP contribution in [0.15, 0.2) is 35.4 Å². The number of rotatable bonds is 9. The molecule has 126 valence electrons.